The van der Waals surface area contributed by atoms with E-state index in [1.165, 1.54) is 25.7 Å². The van der Waals surface area contributed by atoms with Gasteiger partial charge in [0.15, 0.2) is 0 Å². The summed E-state index contributed by atoms with van der Waals surface area (Å²) in [7, 11) is 0. The number of carbonyl (C=O) groups excluding carboxylic acids is 1. The number of alkyl halides is 1. The lowest BCUT2D eigenvalue weighted by molar-refractivity contribution is -0.119. The highest BCUT2D eigenvalue weighted by atomic mass is 35.5. The first-order valence-corrected chi connectivity index (χ1v) is 6.09. The van der Waals surface area contributed by atoms with Gasteiger partial charge in [0.05, 0.1) is 0 Å². The summed E-state index contributed by atoms with van der Waals surface area (Å²) in [6, 6.07) is 0.316. The molecule has 14 heavy (non-hydrogen) atoms. The first kappa shape index (κ1) is 10.3. The average Bonchev–Trinajstić information content (AvgIpc) is 2.78. The molecule has 1 N–H and O–H groups in total. The molecule has 0 radical (unpaired) electrons. The van der Waals surface area contributed by atoms with E-state index in [1.54, 1.807) is 0 Å². The normalized spacial score (nSPS) is 37.1. The van der Waals surface area contributed by atoms with Gasteiger partial charge in [-0.05, 0) is 43.9 Å². The van der Waals surface area contributed by atoms with E-state index >= 15 is 0 Å². The van der Waals surface area contributed by atoms with Crippen molar-refractivity contribution in [2.45, 2.75) is 38.6 Å². The Bertz CT molecular complexity index is 231. The Hall–Kier alpha value is -0.240. The quantitative estimate of drug-likeness (QED) is 0.719. The van der Waals surface area contributed by atoms with Gasteiger partial charge in [0.2, 0.25) is 5.91 Å². The van der Waals surface area contributed by atoms with Gasteiger partial charge in [-0.25, -0.2) is 0 Å². The van der Waals surface area contributed by atoms with Gasteiger partial charge in [-0.3, -0.25) is 4.79 Å². The Kier molecular flexibility index (Phi) is 3.01. The Balaban J connectivity index is 1.86. The second kappa shape index (κ2) is 4.09. The lowest BCUT2D eigenvalue weighted by atomic mass is 9.84. The summed E-state index contributed by atoms with van der Waals surface area (Å²) in [5.41, 5.74) is 0. The van der Waals surface area contributed by atoms with Gasteiger partial charge in [0, 0.05) is 6.04 Å². The van der Waals surface area contributed by atoms with E-state index in [0.29, 0.717) is 12.0 Å². The highest BCUT2D eigenvalue weighted by Gasteiger charge is 2.41. The van der Waals surface area contributed by atoms with E-state index in [0.717, 1.165) is 11.8 Å². The molecule has 0 saturated heterocycles. The summed E-state index contributed by atoms with van der Waals surface area (Å²) in [5, 5.41) is 2.99. The van der Waals surface area contributed by atoms with E-state index in [9.17, 15) is 4.79 Å². The highest BCUT2D eigenvalue weighted by Crippen LogP contribution is 2.49. The average molecular weight is 216 g/mol. The molecule has 0 aliphatic heterocycles. The van der Waals surface area contributed by atoms with Crippen molar-refractivity contribution in [2.24, 2.45) is 17.8 Å². The summed E-state index contributed by atoms with van der Waals surface area (Å²) in [5.74, 6) is 2.58. The van der Waals surface area contributed by atoms with Gasteiger partial charge in [-0.15, -0.1) is 11.6 Å². The molecule has 2 saturated carbocycles. The van der Waals surface area contributed by atoms with Crippen LogP contribution in [0.25, 0.3) is 0 Å². The molecular formula is C11H18ClNO. The first-order valence-electron chi connectivity index (χ1n) is 5.56. The van der Waals surface area contributed by atoms with Gasteiger partial charge in [0.25, 0.3) is 0 Å². The topological polar surface area (TPSA) is 29.1 Å². The molecule has 3 heteroatoms. The number of carbonyl (C=O) groups is 1. The van der Waals surface area contributed by atoms with Crippen molar-refractivity contribution in [2.75, 3.05) is 5.88 Å². The molecule has 0 spiro atoms. The molecule has 2 fully saturated rings. The predicted molar refractivity (Wildman–Crippen MR) is 57.3 cm³/mol. The van der Waals surface area contributed by atoms with Crippen LogP contribution in [0.3, 0.4) is 0 Å². The molecule has 2 nitrogen and oxygen atoms in total. The maximum Gasteiger partial charge on any atom is 0.235 e. The maximum absolute atomic E-state index is 11.1. The van der Waals surface area contributed by atoms with Crippen molar-refractivity contribution in [3.63, 3.8) is 0 Å². The molecular weight excluding hydrogens is 198 g/mol. The van der Waals surface area contributed by atoms with Crippen molar-refractivity contribution in [3.05, 3.63) is 0 Å². The van der Waals surface area contributed by atoms with E-state index in [2.05, 4.69) is 12.2 Å². The van der Waals surface area contributed by atoms with Crippen LogP contribution in [-0.4, -0.2) is 17.8 Å². The zero-order chi connectivity index (χ0) is 10.1. The van der Waals surface area contributed by atoms with Crippen LogP contribution in [0.2, 0.25) is 0 Å². The van der Waals surface area contributed by atoms with Crippen LogP contribution in [-0.2, 0) is 4.79 Å². The van der Waals surface area contributed by atoms with Gasteiger partial charge >= 0.3 is 0 Å². The number of halogens is 1. The standard InChI is InChI=1S/C11H18ClNO/c1-7(13-11(14)6-12)10-5-8-2-3-9(10)4-8/h7-10H,2-6H2,1H3,(H,13,14). The maximum atomic E-state index is 11.1. The highest BCUT2D eigenvalue weighted by molar-refractivity contribution is 6.27. The Labute approximate surface area is 90.4 Å². The molecule has 4 unspecified atom stereocenters. The van der Waals surface area contributed by atoms with Gasteiger partial charge in [0.1, 0.15) is 5.88 Å². The third-order valence-electron chi connectivity index (χ3n) is 3.95. The van der Waals surface area contributed by atoms with Gasteiger partial charge < -0.3 is 5.32 Å². The molecule has 4 atom stereocenters. The Morgan fingerprint density at radius 2 is 2.29 bits per heavy atom. The summed E-state index contributed by atoms with van der Waals surface area (Å²) >= 11 is 5.47. The van der Waals surface area contributed by atoms with E-state index in [1.807, 2.05) is 0 Å². The van der Waals surface area contributed by atoms with Crippen LogP contribution < -0.4 is 5.32 Å². The summed E-state index contributed by atoms with van der Waals surface area (Å²) in [4.78, 5) is 11.1. The second-order valence-electron chi connectivity index (χ2n) is 4.83. The molecule has 80 valence electrons. The van der Waals surface area contributed by atoms with Crippen molar-refractivity contribution >= 4 is 17.5 Å². The zero-order valence-corrected chi connectivity index (χ0v) is 9.39. The molecule has 0 aromatic carbocycles. The lowest BCUT2D eigenvalue weighted by Crippen LogP contribution is -2.40. The predicted octanol–water partition coefficient (Wildman–Crippen LogP) is 2.17. The smallest absolute Gasteiger partial charge is 0.235 e. The van der Waals surface area contributed by atoms with E-state index in [-0.39, 0.29) is 11.8 Å². The number of fused-ring (bicyclic) bond motifs is 2. The van der Waals surface area contributed by atoms with Gasteiger partial charge in [-0.1, -0.05) is 6.42 Å². The van der Waals surface area contributed by atoms with Crippen molar-refractivity contribution in [1.82, 2.24) is 5.32 Å². The number of nitrogens with one attached hydrogen (secondary N) is 1. The van der Waals surface area contributed by atoms with E-state index in [4.69, 9.17) is 11.6 Å². The minimum absolute atomic E-state index is 0.0260. The van der Waals surface area contributed by atoms with Crippen LogP contribution in [0.4, 0.5) is 0 Å². The fraction of sp³-hybridized carbons (Fsp3) is 0.909. The number of rotatable bonds is 3. The minimum atomic E-state index is -0.0260. The zero-order valence-electron chi connectivity index (χ0n) is 8.63. The molecule has 2 bridgehead atoms. The largest absolute Gasteiger partial charge is 0.352 e. The monoisotopic (exact) mass is 215 g/mol. The number of amides is 1. The molecule has 0 aromatic heterocycles. The summed E-state index contributed by atoms with van der Waals surface area (Å²) < 4.78 is 0. The lowest BCUT2D eigenvalue weighted by Gasteiger charge is -2.28. The van der Waals surface area contributed by atoms with Crippen LogP contribution >= 0.6 is 11.6 Å². The van der Waals surface area contributed by atoms with Crippen LogP contribution in [0.5, 0.6) is 0 Å². The molecule has 0 aromatic rings. The van der Waals surface area contributed by atoms with E-state index < -0.39 is 0 Å². The fourth-order valence-electron chi connectivity index (χ4n) is 3.31. The molecule has 2 aliphatic rings. The van der Waals surface area contributed by atoms with Crippen molar-refractivity contribution in [1.29, 1.82) is 0 Å². The number of hydrogen-bond acceptors (Lipinski definition) is 1. The molecule has 0 heterocycles. The summed E-state index contributed by atoms with van der Waals surface area (Å²) in [6.45, 7) is 2.12. The SMILES string of the molecule is CC(NC(=O)CCl)C1CC2CCC1C2. The minimum Gasteiger partial charge on any atom is -0.352 e. The molecule has 1 amide bonds. The van der Waals surface area contributed by atoms with Crippen LogP contribution in [0.1, 0.15) is 32.6 Å². The van der Waals surface area contributed by atoms with Crippen LogP contribution in [0, 0.1) is 17.8 Å². The van der Waals surface area contributed by atoms with Crippen LogP contribution in [0.15, 0.2) is 0 Å². The third-order valence-corrected chi connectivity index (χ3v) is 4.19. The Morgan fingerprint density at radius 1 is 1.50 bits per heavy atom. The first-order chi connectivity index (χ1) is 6.70. The number of hydrogen-bond donors (Lipinski definition) is 1. The van der Waals surface area contributed by atoms with Gasteiger partial charge in [-0.2, -0.15) is 0 Å². The van der Waals surface area contributed by atoms with Crippen molar-refractivity contribution < 1.29 is 4.79 Å². The third kappa shape index (κ3) is 1.90. The fourth-order valence-corrected chi connectivity index (χ4v) is 3.38. The molecule has 2 rings (SSSR count). The summed E-state index contributed by atoms with van der Waals surface area (Å²) in [6.07, 6.45) is 5.49. The Morgan fingerprint density at radius 3 is 2.79 bits per heavy atom. The van der Waals surface area contributed by atoms with Crippen molar-refractivity contribution in [3.8, 4) is 0 Å². The molecule has 2 aliphatic carbocycles. The second-order valence-corrected chi connectivity index (χ2v) is 5.10.